The van der Waals surface area contributed by atoms with Gasteiger partial charge in [0.05, 0.1) is 12.3 Å². The number of ether oxygens (including phenoxy) is 1. The third-order valence-corrected chi connectivity index (χ3v) is 15.5. The summed E-state index contributed by atoms with van der Waals surface area (Å²) in [5, 5.41) is 0. The first-order chi connectivity index (χ1) is 12.0. The average Bonchev–Trinajstić information content (AvgIpc) is 2.86. The van der Waals surface area contributed by atoms with Crippen molar-refractivity contribution in [2.45, 2.75) is 63.6 Å². The lowest BCUT2D eigenvalue weighted by Crippen LogP contribution is -2.48. The van der Waals surface area contributed by atoms with Crippen molar-refractivity contribution in [3.63, 3.8) is 0 Å². The Kier molecular flexibility index (Phi) is 8.84. The van der Waals surface area contributed by atoms with Crippen LogP contribution in [-0.4, -0.2) is 58.7 Å². The fraction of sp³-hybridized carbons (Fsp3) is 0.875. The zero-order valence-corrected chi connectivity index (χ0v) is 20.2. The Morgan fingerprint density at radius 3 is 1.92 bits per heavy atom. The highest BCUT2D eigenvalue weighted by Crippen LogP contribution is 2.29. The van der Waals surface area contributed by atoms with Gasteiger partial charge in [0.25, 0.3) is 0 Å². The number of esters is 2. The van der Waals surface area contributed by atoms with Gasteiger partial charge in [0.1, 0.15) is 0 Å². The Labute approximate surface area is 160 Å². The van der Waals surface area contributed by atoms with Gasteiger partial charge in [-0.15, -0.1) is 0 Å². The SMILES string of the molecule is CO[Si](CC[Si](C)(C)O[Si](C)(C)CCCC1CC(=O)OC1=O)(OC)OC. The van der Waals surface area contributed by atoms with Crippen LogP contribution in [0.25, 0.3) is 0 Å². The molecule has 1 heterocycles. The van der Waals surface area contributed by atoms with E-state index in [1.54, 1.807) is 21.3 Å². The molecule has 1 aliphatic rings. The molecule has 1 saturated heterocycles. The maximum Gasteiger partial charge on any atom is 0.499 e. The fourth-order valence-corrected chi connectivity index (χ4v) is 16.0. The van der Waals surface area contributed by atoms with Crippen molar-refractivity contribution >= 4 is 37.4 Å². The third kappa shape index (κ3) is 7.33. The minimum absolute atomic E-state index is 0.222. The molecule has 1 fully saturated rings. The molecule has 0 bridgehead atoms. The number of hydrogen-bond acceptors (Lipinski definition) is 7. The molecule has 1 atom stereocenters. The molecule has 0 radical (unpaired) electrons. The van der Waals surface area contributed by atoms with Crippen LogP contribution in [0.15, 0.2) is 0 Å². The second kappa shape index (κ2) is 9.71. The van der Waals surface area contributed by atoms with E-state index in [0.717, 1.165) is 24.6 Å². The molecule has 1 unspecified atom stereocenters. The Balaban J connectivity index is 2.47. The molecule has 0 aromatic heterocycles. The molecule has 0 spiro atoms. The lowest BCUT2D eigenvalue weighted by molar-refractivity contribution is -0.153. The van der Waals surface area contributed by atoms with E-state index in [0.29, 0.717) is 6.42 Å². The highest BCUT2D eigenvalue weighted by Gasteiger charge is 2.42. The summed E-state index contributed by atoms with van der Waals surface area (Å²) >= 11 is 0. The molecule has 1 rings (SSSR count). The van der Waals surface area contributed by atoms with Crippen LogP contribution in [0.1, 0.15) is 19.3 Å². The van der Waals surface area contributed by atoms with E-state index in [4.69, 9.17) is 17.4 Å². The Bertz CT molecular complexity index is 484. The maximum atomic E-state index is 11.5. The average molecular weight is 423 g/mol. The molecule has 0 N–H and O–H groups in total. The summed E-state index contributed by atoms with van der Waals surface area (Å²) in [6, 6.07) is 2.62. The van der Waals surface area contributed by atoms with Gasteiger partial charge < -0.3 is 22.1 Å². The van der Waals surface area contributed by atoms with Crippen LogP contribution in [0.5, 0.6) is 0 Å². The number of hydrogen-bond donors (Lipinski definition) is 0. The molecule has 0 saturated carbocycles. The molecular formula is C16H34O7Si3. The quantitative estimate of drug-likeness (QED) is 0.271. The van der Waals surface area contributed by atoms with E-state index >= 15 is 0 Å². The molecule has 0 amide bonds. The third-order valence-electron chi connectivity index (χ3n) is 4.81. The van der Waals surface area contributed by atoms with E-state index < -0.39 is 31.4 Å². The van der Waals surface area contributed by atoms with Gasteiger partial charge in [0.15, 0.2) is 16.6 Å². The standard InChI is InChI=1S/C16H34O7Si3/c1-19-26(20-2,21-3)12-11-25(6,7)23-24(4,5)10-8-9-14-13-15(17)22-16(14)18/h14H,8-13H2,1-7H3. The number of carbonyl (C=O) groups is 2. The van der Waals surface area contributed by atoms with Crippen molar-refractivity contribution < 1.29 is 31.7 Å². The van der Waals surface area contributed by atoms with Gasteiger partial charge in [-0.3, -0.25) is 9.59 Å². The number of rotatable bonds is 12. The van der Waals surface area contributed by atoms with Crippen LogP contribution in [0, 0.1) is 5.92 Å². The van der Waals surface area contributed by atoms with E-state index in [2.05, 4.69) is 30.9 Å². The van der Waals surface area contributed by atoms with Crippen molar-refractivity contribution in [3.05, 3.63) is 0 Å². The Hall–Kier alpha value is -0.369. The summed E-state index contributed by atoms with van der Waals surface area (Å²) in [7, 11) is -1.43. The highest BCUT2D eigenvalue weighted by molar-refractivity contribution is 6.85. The molecule has 1 aliphatic heterocycles. The van der Waals surface area contributed by atoms with Gasteiger partial charge >= 0.3 is 20.7 Å². The van der Waals surface area contributed by atoms with Crippen molar-refractivity contribution in [1.29, 1.82) is 0 Å². The largest absolute Gasteiger partial charge is 0.499 e. The van der Waals surface area contributed by atoms with Gasteiger partial charge in [-0.1, -0.05) is 6.42 Å². The van der Waals surface area contributed by atoms with E-state index in [-0.39, 0.29) is 18.3 Å². The zero-order valence-electron chi connectivity index (χ0n) is 17.2. The van der Waals surface area contributed by atoms with E-state index in [1.165, 1.54) is 0 Å². The maximum absolute atomic E-state index is 11.5. The lowest BCUT2D eigenvalue weighted by atomic mass is 10.0. The predicted molar refractivity (Wildman–Crippen MR) is 106 cm³/mol. The van der Waals surface area contributed by atoms with Crippen LogP contribution in [0.2, 0.25) is 44.3 Å². The summed E-state index contributed by atoms with van der Waals surface area (Å²) in [6.45, 7) is 8.87. The molecule has 26 heavy (non-hydrogen) atoms. The molecule has 7 nitrogen and oxygen atoms in total. The molecule has 0 aromatic rings. The molecule has 10 heteroatoms. The Morgan fingerprint density at radius 1 is 0.923 bits per heavy atom. The fourth-order valence-electron chi connectivity index (χ4n) is 3.38. The minimum Gasteiger partial charge on any atom is -0.456 e. The zero-order chi connectivity index (χ0) is 20.0. The van der Waals surface area contributed by atoms with E-state index in [9.17, 15) is 9.59 Å². The molecule has 0 aromatic carbocycles. The normalized spacial score (nSPS) is 19.1. The second-order valence-electron chi connectivity index (χ2n) is 8.00. The predicted octanol–water partition coefficient (Wildman–Crippen LogP) is 3.16. The lowest BCUT2D eigenvalue weighted by Gasteiger charge is -2.35. The van der Waals surface area contributed by atoms with Gasteiger partial charge in [0.2, 0.25) is 0 Å². The van der Waals surface area contributed by atoms with Crippen molar-refractivity contribution in [2.75, 3.05) is 21.3 Å². The van der Waals surface area contributed by atoms with Crippen LogP contribution in [0.3, 0.4) is 0 Å². The van der Waals surface area contributed by atoms with Crippen LogP contribution in [-0.2, 0) is 31.7 Å². The summed E-state index contributed by atoms with van der Waals surface area (Å²) in [6.07, 6.45) is 1.79. The van der Waals surface area contributed by atoms with Gasteiger partial charge in [0, 0.05) is 27.4 Å². The van der Waals surface area contributed by atoms with Gasteiger partial charge in [-0.2, -0.15) is 0 Å². The summed E-state index contributed by atoms with van der Waals surface area (Å²) in [5.41, 5.74) is 0. The number of cyclic esters (lactones) is 2. The molecule has 152 valence electrons. The van der Waals surface area contributed by atoms with Crippen LogP contribution < -0.4 is 0 Å². The van der Waals surface area contributed by atoms with Crippen molar-refractivity contribution in [2.24, 2.45) is 5.92 Å². The molecular weight excluding hydrogens is 388 g/mol. The Morgan fingerprint density at radius 2 is 1.46 bits per heavy atom. The van der Waals surface area contributed by atoms with E-state index in [1.807, 2.05) is 0 Å². The molecule has 0 aliphatic carbocycles. The first-order valence-electron chi connectivity index (χ1n) is 9.08. The summed E-state index contributed by atoms with van der Waals surface area (Å²) in [5.74, 6) is -1.04. The first kappa shape index (κ1) is 23.7. The smallest absolute Gasteiger partial charge is 0.456 e. The minimum atomic E-state index is -2.57. The van der Waals surface area contributed by atoms with Crippen LogP contribution in [0.4, 0.5) is 0 Å². The monoisotopic (exact) mass is 422 g/mol. The summed E-state index contributed by atoms with van der Waals surface area (Å²) < 4.78 is 27.7. The van der Waals surface area contributed by atoms with Crippen molar-refractivity contribution in [3.8, 4) is 0 Å². The highest BCUT2D eigenvalue weighted by atomic mass is 28.4. The topological polar surface area (TPSA) is 80.3 Å². The van der Waals surface area contributed by atoms with Crippen LogP contribution >= 0.6 is 0 Å². The first-order valence-corrected chi connectivity index (χ1v) is 17.2. The van der Waals surface area contributed by atoms with Gasteiger partial charge in [-0.25, -0.2) is 0 Å². The van der Waals surface area contributed by atoms with Gasteiger partial charge in [-0.05, 0) is 44.7 Å². The van der Waals surface area contributed by atoms with Crippen molar-refractivity contribution in [1.82, 2.24) is 0 Å². The summed E-state index contributed by atoms with van der Waals surface area (Å²) in [4.78, 5) is 22.7. The second-order valence-corrected chi connectivity index (χ2v) is 19.9. The number of carbonyl (C=O) groups excluding carboxylic acids is 2.